The molecule has 1 fully saturated rings. The van der Waals surface area contributed by atoms with Crippen LogP contribution in [0.25, 0.3) is 11.5 Å². The van der Waals surface area contributed by atoms with Gasteiger partial charge >= 0.3 is 0 Å². The van der Waals surface area contributed by atoms with Gasteiger partial charge in [0.05, 0.1) is 19.3 Å². The zero-order valence-corrected chi connectivity index (χ0v) is 12.1. The van der Waals surface area contributed by atoms with Gasteiger partial charge in [0, 0.05) is 12.5 Å². The number of ether oxygens (including phenoxy) is 2. The van der Waals surface area contributed by atoms with Crippen molar-refractivity contribution in [3.63, 3.8) is 0 Å². The number of hydrogen-bond acceptors (Lipinski definition) is 5. The lowest BCUT2D eigenvalue weighted by Gasteiger charge is -2.08. The highest BCUT2D eigenvalue weighted by Gasteiger charge is 2.25. The first-order valence-electron chi connectivity index (χ1n) is 7.46. The fraction of sp³-hybridized carbons (Fsp3) is 0.500. The molecular weight excluding hydrogens is 268 g/mol. The summed E-state index contributed by atoms with van der Waals surface area (Å²) in [6.07, 6.45) is 4.40. The maximum atomic E-state index is 5.51. The van der Waals surface area contributed by atoms with Gasteiger partial charge in [0.25, 0.3) is 5.89 Å². The van der Waals surface area contributed by atoms with Gasteiger partial charge in [0.15, 0.2) is 5.82 Å². The van der Waals surface area contributed by atoms with Crippen molar-refractivity contribution in [1.82, 2.24) is 10.1 Å². The quantitative estimate of drug-likeness (QED) is 0.868. The maximum absolute atomic E-state index is 5.51. The van der Waals surface area contributed by atoms with Crippen LogP contribution in [-0.4, -0.2) is 30.5 Å². The normalized spacial score (nSPS) is 20.7. The van der Waals surface area contributed by atoms with E-state index in [-0.39, 0.29) is 5.92 Å². The molecule has 0 saturated carbocycles. The maximum Gasteiger partial charge on any atom is 0.261 e. The molecule has 1 saturated heterocycles. The Kier molecular flexibility index (Phi) is 3.15. The predicted octanol–water partition coefficient (Wildman–Crippen LogP) is 2.74. The van der Waals surface area contributed by atoms with Crippen LogP contribution in [0.5, 0.6) is 5.75 Å². The molecule has 0 spiro atoms. The second kappa shape index (κ2) is 5.15. The van der Waals surface area contributed by atoms with Crippen molar-refractivity contribution in [3.05, 3.63) is 29.1 Å². The fourth-order valence-corrected chi connectivity index (χ4v) is 3.19. The van der Waals surface area contributed by atoms with Gasteiger partial charge in [-0.15, -0.1) is 0 Å². The molecule has 0 amide bonds. The van der Waals surface area contributed by atoms with E-state index in [1.807, 2.05) is 0 Å². The second-order valence-corrected chi connectivity index (χ2v) is 5.69. The Morgan fingerprint density at radius 3 is 2.86 bits per heavy atom. The number of methoxy groups -OCH3 is 1. The first-order valence-corrected chi connectivity index (χ1v) is 7.46. The van der Waals surface area contributed by atoms with Gasteiger partial charge in [-0.2, -0.15) is 4.98 Å². The van der Waals surface area contributed by atoms with Gasteiger partial charge in [0.1, 0.15) is 5.75 Å². The minimum Gasteiger partial charge on any atom is -0.496 e. The SMILES string of the molecule is COc1cc2c(cc1-c1nc(C3CCOC3)no1)CCC2. The highest BCUT2D eigenvalue weighted by molar-refractivity contribution is 5.66. The number of nitrogens with zero attached hydrogens (tertiary/aromatic N) is 2. The van der Waals surface area contributed by atoms with Crippen LogP contribution in [0.4, 0.5) is 0 Å². The molecule has 110 valence electrons. The highest BCUT2D eigenvalue weighted by Crippen LogP contribution is 2.36. The van der Waals surface area contributed by atoms with E-state index in [9.17, 15) is 0 Å². The molecule has 4 rings (SSSR count). The van der Waals surface area contributed by atoms with Crippen molar-refractivity contribution < 1.29 is 14.0 Å². The van der Waals surface area contributed by atoms with Crippen molar-refractivity contribution in [3.8, 4) is 17.2 Å². The molecule has 2 aromatic rings. The van der Waals surface area contributed by atoms with Gasteiger partial charge in [-0.05, 0) is 48.9 Å². The van der Waals surface area contributed by atoms with Crippen LogP contribution in [-0.2, 0) is 17.6 Å². The summed E-state index contributed by atoms with van der Waals surface area (Å²) >= 11 is 0. The number of benzene rings is 1. The predicted molar refractivity (Wildman–Crippen MR) is 76.5 cm³/mol. The molecule has 1 atom stereocenters. The fourth-order valence-electron chi connectivity index (χ4n) is 3.19. The van der Waals surface area contributed by atoms with Crippen molar-refractivity contribution >= 4 is 0 Å². The molecule has 1 aromatic heterocycles. The summed E-state index contributed by atoms with van der Waals surface area (Å²) in [7, 11) is 1.68. The van der Waals surface area contributed by atoms with Crippen LogP contribution in [0.3, 0.4) is 0 Å². The van der Waals surface area contributed by atoms with E-state index in [0.29, 0.717) is 12.5 Å². The average molecular weight is 286 g/mol. The Morgan fingerprint density at radius 1 is 1.24 bits per heavy atom. The lowest BCUT2D eigenvalue weighted by atomic mass is 10.0. The summed E-state index contributed by atoms with van der Waals surface area (Å²) in [5, 5.41) is 4.12. The molecule has 21 heavy (non-hydrogen) atoms. The van der Waals surface area contributed by atoms with E-state index in [0.717, 1.165) is 43.0 Å². The number of hydrogen-bond donors (Lipinski definition) is 0. The number of fused-ring (bicyclic) bond motifs is 1. The molecule has 1 aliphatic heterocycles. The summed E-state index contributed by atoms with van der Waals surface area (Å²) < 4.78 is 16.4. The van der Waals surface area contributed by atoms with E-state index in [2.05, 4.69) is 22.3 Å². The standard InChI is InChI=1S/C16H18N2O3/c1-19-14-8-11-4-2-3-10(11)7-13(14)16-17-15(18-21-16)12-5-6-20-9-12/h7-8,12H,2-6,9H2,1H3. The van der Waals surface area contributed by atoms with Crippen LogP contribution in [0.15, 0.2) is 16.7 Å². The van der Waals surface area contributed by atoms with E-state index in [4.69, 9.17) is 14.0 Å². The molecule has 2 aliphatic rings. The zero-order chi connectivity index (χ0) is 14.2. The minimum atomic E-state index is 0.253. The molecule has 5 heteroatoms. The summed E-state index contributed by atoms with van der Waals surface area (Å²) in [6, 6.07) is 4.25. The van der Waals surface area contributed by atoms with E-state index in [1.54, 1.807) is 7.11 Å². The van der Waals surface area contributed by atoms with Crippen molar-refractivity contribution in [2.75, 3.05) is 20.3 Å². The van der Waals surface area contributed by atoms with Gasteiger partial charge in [-0.25, -0.2) is 0 Å². The summed E-state index contributed by atoms with van der Waals surface area (Å²) in [5.74, 6) is 2.35. The van der Waals surface area contributed by atoms with Crippen LogP contribution in [0.2, 0.25) is 0 Å². The average Bonchev–Trinajstić information content (AvgIpc) is 3.24. The lowest BCUT2D eigenvalue weighted by molar-refractivity contribution is 0.192. The molecule has 5 nitrogen and oxygen atoms in total. The van der Waals surface area contributed by atoms with Crippen LogP contribution in [0, 0.1) is 0 Å². The first kappa shape index (κ1) is 12.8. The molecule has 0 N–H and O–H groups in total. The van der Waals surface area contributed by atoms with E-state index in [1.165, 1.54) is 17.5 Å². The van der Waals surface area contributed by atoms with Crippen LogP contribution < -0.4 is 4.74 Å². The van der Waals surface area contributed by atoms with Gasteiger partial charge in [-0.1, -0.05) is 5.16 Å². The van der Waals surface area contributed by atoms with E-state index < -0.39 is 0 Å². The summed E-state index contributed by atoms with van der Waals surface area (Å²) in [5.41, 5.74) is 3.64. The monoisotopic (exact) mass is 286 g/mol. The minimum absolute atomic E-state index is 0.253. The third kappa shape index (κ3) is 2.21. The number of aryl methyl sites for hydroxylation is 2. The zero-order valence-electron chi connectivity index (χ0n) is 12.1. The van der Waals surface area contributed by atoms with Crippen LogP contribution >= 0.6 is 0 Å². The van der Waals surface area contributed by atoms with Crippen molar-refractivity contribution in [2.45, 2.75) is 31.6 Å². The summed E-state index contributed by atoms with van der Waals surface area (Å²) in [4.78, 5) is 4.56. The van der Waals surface area contributed by atoms with Gasteiger partial charge in [-0.3, -0.25) is 0 Å². The van der Waals surface area contributed by atoms with E-state index >= 15 is 0 Å². The third-order valence-electron chi connectivity index (χ3n) is 4.38. The Morgan fingerprint density at radius 2 is 2.10 bits per heavy atom. The Balaban J connectivity index is 1.72. The molecule has 1 unspecified atom stereocenters. The van der Waals surface area contributed by atoms with Gasteiger partial charge in [0.2, 0.25) is 0 Å². The number of rotatable bonds is 3. The molecule has 0 bridgehead atoms. The lowest BCUT2D eigenvalue weighted by Crippen LogP contribution is -1.99. The first-order chi connectivity index (χ1) is 10.3. The molecule has 2 heterocycles. The molecular formula is C16H18N2O3. The highest BCUT2D eigenvalue weighted by atomic mass is 16.5. The van der Waals surface area contributed by atoms with Crippen molar-refractivity contribution in [1.29, 1.82) is 0 Å². The molecule has 1 aromatic carbocycles. The summed E-state index contributed by atoms with van der Waals surface area (Å²) in [6.45, 7) is 1.46. The van der Waals surface area contributed by atoms with Crippen molar-refractivity contribution in [2.24, 2.45) is 0 Å². The smallest absolute Gasteiger partial charge is 0.261 e. The number of aromatic nitrogens is 2. The Bertz CT molecular complexity index is 660. The van der Waals surface area contributed by atoms with Gasteiger partial charge < -0.3 is 14.0 Å². The third-order valence-corrected chi connectivity index (χ3v) is 4.38. The Hall–Kier alpha value is -1.88. The topological polar surface area (TPSA) is 57.4 Å². The molecule has 0 radical (unpaired) electrons. The molecule has 1 aliphatic carbocycles. The second-order valence-electron chi connectivity index (χ2n) is 5.69. The largest absolute Gasteiger partial charge is 0.496 e. The Labute approximate surface area is 123 Å². The van der Waals surface area contributed by atoms with Crippen LogP contribution in [0.1, 0.15) is 35.7 Å².